The smallest absolute Gasteiger partial charge is 0.273 e. The summed E-state index contributed by atoms with van der Waals surface area (Å²) in [6.45, 7) is 13.0. The highest BCUT2D eigenvalue weighted by molar-refractivity contribution is 6.04. The Hall–Kier alpha value is -4.57. The zero-order valence-electron chi connectivity index (χ0n) is 32.0. The van der Waals surface area contributed by atoms with Gasteiger partial charge in [-0.3, -0.25) is 14.4 Å². The summed E-state index contributed by atoms with van der Waals surface area (Å²) in [7, 11) is 0. The fraction of sp³-hybridized carbons (Fsp3) is 0.477. The van der Waals surface area contributed by atoms with Crippen LogP contribution in [0, 0.1) is 11.6 Å². The Balaban J connectivity index is 1.15. The number of nitrogens with zero attached hydrogens (tertiary/aromatic N) is 2. The molecule has 0 bridgehead atoms. The molecule has 54 heavy (non-hydrogen) atoms. The van der Waals surface area contributed by atoms with Crippen molar-refractivity contribution in [3.8, 4) is 0 Å². The maximum Gasteiger partial charge on any atom is 0.273 e. The molecule has 3 aliphatic rings. The van der Waals surface area contributed by atoms with E-state index < -0.39 is 23.8 Å². The van der Waals surface area contributed by atoms with Crippen LogP contribution < -0.4 is 10.6 Å². The van der Waals surface area contributed by atoms with E-state index in [2.05, 4.69) is 30.7 Å². The Bertz CT molecular complexity index is 1750. The number of halogens is 2. The summed E-state index contributed by atoms with van der Waals surface area (Å²) in [5.41, 5.74) is 3.89. The standard InChI is InChI=1S/C44H56F2N4O4/c1-5-6-7-8-9-10-11-12-13-14-15-16-30(2)48-36-21-17-33(18-22-36)23-37(51)25-38-32(4)39(43(52)47-26-34-19-20-35(45)24-40(34)46)27-49-28-41-50(31(3)29-54-41)44(53)42(38)49/h17-22,24,27,31,41,48H,2,4-16,23,25-26,28-29H2,1,3H3,(H,47,52). The Kier molecular flexibility index (Phi) is 14.8. The summed E-state index contributed by atoms with van der Waals surface area (Å²) < 4.78 is 33.6. The molecule has 0 aromatic heterocycles. The quantitative estimate of drug-likeness (QED) is 0.124. The number of Topliss-reactive ketones (excluding diaryl/α,β-unsaturated/α-hetero) is 1. The number of carbonyl (C=O) groups is 3. The molecule has 0 spiro atoms. The van der Waals surface area contributed by atoms with Gasteiger partial charge in [-0.05, 0) is 54.7 Å². The van der Waals surface area contributed by atoms with Gasteiger partial charge in [0, 0.05) is 48.6 Å². The minimum Gasteiger partial charge on any atom is -0.359 e. The topological polar surface area (TPSA) is 91.0 Å². The lowest BCUT2D eigenvalue weighted by Crippen LogP contribution is -2.54. The van der Waals surface area contributed by atoms with Crippen molar-refractivity contribution in [3.05, 3.63) is 113 Å². The number of rotatable bonds is 21. The van der Waals surface area contributed by atoms with Gasteiger partial charge >= 0.3 is 0 Å². The van der Waals surface area contributed by atoms with E-state index in [-0.39, 0.29) is 60.4 Å². The highest BCUT2D eigenvalue weighted by Crippen LogP contribution is 2.38. The fourth-order valence-corrected chi connectivity index (χ4v) is 7.41. The molecular formula is C44H56F2N4O4. The van der Waals surface area contributed by atoms with Crippen LogP contribution in [0.25, 0.3) is 0 Å². The number of piperazine rings is 1. The number of ether oxygens (including phenoxy) is 1. The number of hydrogen-bond acceptors (Lipinski definition) is 6. The fourth-order valence-electron chi connectivity index (χ4n) is 7.41. The molecule has 3 heterocycles. The maximum absolute atomic E-state index is 14.3. The summed E-state index contributed by atoms with van der Waals surface area (Å²) >= 11 is 0. The van der Waals surface area contributed by atoms with Gasteiger partial charge in [0.1, 0.15) is 23.1 Å². The monoisotopic (exact) mass is 742 g/mol. The molecule has 2 aromatic rings. The predicted octanol–water partition coefficient (Wildman–Crippen LogP) is 9.01. The van der Waals surface area contributed by atoms with Crippen LogP contribution >= 0.6 is 0 Å². The van der Waals surface area contributed by atoms with Crippen LogP contribution in [0.4, 0.5) is 14.5 Å². The van der Waals surface area contributed by atoms with Gasteiger partial charge in [-0.15, -0.1) is 0 Å². The molecule has 290 valence electrons. The van der Waals surface area contributed by atoms with Crippen molar-refractivity contribution in [2.45, 2.75) is 123 Å². The van der Waals surface area contributed by atoms with Crippen LogP contribution in [0.15, 0.2) is 89.9 Å². The number of unbranched alkanes of at least 4 members (excludes halogenated alkanes) is 10. The third-order valence-electron chi connectivity index (χ3n) is 10.5. The third kappa shape index (κ3) is 10.8. The molecule has 3 aliphatic heterocycles. The number of ketones is 1. The summed E-state index contributed by atoms with van der Waals surface area (Å²) in [6.07, 6.45) is 16.3. The largest absolute Gasteiger partial charge is 0.359 e. The maximum atomic E-state index is 14.3. The van der Waals surface area contributed by atoms with Crippen molar-refractivity contribution in [1.29, 1.82) is 0 Å². The molecule has 2 unspecified atom stereocenters. The lowest BCUT2D eigenvalue weighted by atomic mass is 9.87. The summed E-state index contributed by atoms with van der Waals surface area (Å²) in [5.74, 6) is -2.48. The van der Waals surface area contributed by atoms with E-state index in [0.29, 0.717) is 17.9 Å². The van der Waals surface area contributed by atoms with Gasteiger partial charge in [-0.25, -0.2) is 8.78 Å². The van der Waals surface area contributed by atoms with Crippen molar-refractivity contribution in [2.75, 3.05) is 18.5 Å². The van der Waals surface area contributed by atoms with E-state index in [0.717, 1.165) is 41.9 Å². The molecule has 2 amide bonds. The van der Waals surface area contributed by atoms with Gasteiger partial charge < -0.3 is 25.2 Å². The predicted molar refractivity (Wildman–Crippen MR) is 209 cm³/mol. The summed E-state index contributed by atoms with van der Waals surface area (Å²) in [4.78, 5) is 44.3. The highest BCUT2D eigenvalue weighted by atomic mass is 19.1. The van der Waals surface area contributed by atoms with E-state index in [1.807, 2.05) is 31.2 Å². The van der Waals surface area contributed by atoms with Gasteiger partial charge in [0.15, 0.2) is 6.23 Å². The molecule has 5 rings (SSSR count). The van der Waals surface area contributed by atoms with Crippen molar-refractivity contribution >= 4 is 23.3 Å². The van der Waals surface area contributed by atoms with Crippen LogP contribution in [0.2, 0.25) is 0 Å². The van der Waals surface area contributed by atoms with E-state index in [4.69, 9.17) is 4.74 Å². The minimum atomic E-state index is -0.775. The normalized spacial score (nSPS) is 18.0. The van der Waals surface area contributed by atoms with Crippen LogP contribution in [0.3, 0.4) is 0 Å². The van der Waals surface area contributed by atoms with Gasteiger partial charge in [0.2, 0.25) is 0 Å². The summed E-state index contributed by atoms with van der Waals surface area (Å²) in [6, 6.07) is 10.7. The number of hydrogen-bond donors (Lipinski definition) is 2. The first-order valence-corrected chi connectivity index (χ1v) is 19.7. The Morgan fingerprint density at radius 1 is 0.926 bits per heavy atom. The van der Waals surface area contributed by atoms with E-state index in [1.54, 1.807) is 16.0 Å². The lowest BCUT2D eigenvalue weighted by Gasteiger charge is -2.42. The molecule has 0 saturated carbocycles. The number of allylic oxidation sites excluding steroid dienone is 2. The first-order chi connectivity index (χ1) is 26.0. The van der Waals surface area contributed by atoms with Crippen LogP contribution in [-0.4, -0.2) is 52.8 Å². The second-order valence-electron chi connectivity index (χ2n) is 14.9. The lowest BCUT2D eigenvalue weighted by molar-refractivity contribution is -0.140. The Morgan fingerprint density at radius 3 is 2.26 bits per heavy atom. The zero-order chi connectivity index (χ0) is 38.6. The molecule has 0 aliphatic carbocycles. The zero-order valence-corrected chi connectivity index (χ0v) is 32.0. The number of carbonyl (C=O) groups excluding carboxylic acids is 3. The van der Waals surface area contributed by atoms with Crippen molar-refractivity contribution in [2.24, 2.45) is 0 Å². The molecule has 2 fully saturated rings. The van der Waals surface area contributed by atoms with Crippen molar-refractivity contribution in [1.82, 2.24) is 15.1 Å². The molecule has 2 saturated heterocycles. The highest BCUT2D eigenvalue weighted by Gasteiger charge is 2.46. The molecule has 10 heteroatoms. The van der Waals surface area contributed by atoms with Gasteiger partial charge in [0.05, 0.1) is 24.8 Å². The molecule has 0 radical (unpaired) electrons. The number of benzene rings is 2. The van der Waals surface area contributed by atoms with Gasteiger partial charge in [-0.2, -0.15) is 0 Å². The molecule has 8 nitrogen and oxygen atoms in total. The van der Waals surface area contributed by atoms with E-state index >= 15 is 0 Å². The SMILES string of the molecule is C=C(CCCCCCCCCCCCC)Nc1ccc(CC(=O)CC2=C3C(=O)N4C(C)COC4CN3C=C(C(=O)NCc3ccc(F)cc3F)C2=C)cc1. The number of nitrogens with one attached hydrogen (secondary N) is 2. The average molecular weight is 743 g/mol. The first-order valence-electron chi connectivity index (χ1n) is 19.7. The summed E-state index contributed by atoms with van der Waals surface area (Å²) in [5, 5.41) is 6.07. The molecule has 2 aromatic carbocycles. The van der Waals surface area contributed by atoms with Gasteiger partial charge in [-0.1, -0.05) is 102 Å². The second kappa shape index (κ2) is 19.7. The molecule has 2 atom stereocenters. The van der Waals surface area contributed by atoms with E-state index in [1.165, 1.54) is 70.3 Å². The molecule has 2 N–H and O–H groups in total. The van der Waals surface area contributed by atoms with Crippen LogP contribution in [0.1, 0.15) is 108 Å². The minimum absolute atomic E-state index is 0.114. The number of anilines is 1. The molecular weight excluding hydrogens is 687 g/mol. The average Bonchev–Trinajstić information content (AvgIpc) is 3.52. The van der Waals surface area contributed by atoms with Crippen LogP contribution in [0.5, 0.6) is 0 Å². The van der Waals surface area contributed by atoms with Crippen molar-refractivity contribution < 1.29 is 27.9 Å². The Morgan fingerprint density at radius 2 is 1.59 bits per heavy atom. The number of amides is 2. The van der Waals surface area contributed by atoms with Gasteiger partial charge in [0.25, 0.3) is 11.8 Å². The number of fused-ring (bicyclic) bond motifs is 2. The van der Waals surface area contributed by atoms with Crippen LogP contribution in [-0.2, 0) is 32.1 Å². The Labute approximate surface area is 319 Å². The van der Waals surface area contributed by atoms with E-state index in [9.17, 15) is 23.2 Å². The third-order valence-corrected chi connectivity index (χ3v) is 10.5. The first kappa shape index (κ1) is 40.6. The second-order valence-corrected chi connectivity index (χ2v) is 14.9. The van der Waals surface area contributed by atoms with Crippen molar-refractivity contribution in [3.63, 3.8) is 0 Å².